The van der Waals surface area contributed by atoms with Crippen LogP contribution in [0, 0.1) is 17.3 Å². The molecule has 0 radical (unpaired) electrons. The Morgan fingerprint density at radius 2 is 1.70 bits per heavy atom. The number of rotatable bonds is 18. The summed E-state index contributed by atoms with van der Waals surface area (Å²) < 4.78 is 5.82. The number of ether oxygens (including phenoxy) is 1. The first-order valence-electron chi connectivity index (χ1n) is 17.8. The molecule has 0 spiro atoms. The Hall–Kier alpha value is -4.97. The molecule has 12 N–H and O–H groups in total. The van der Waals surface area contributed by atoms with Crippen LogP contribution < -0.4 is 37.5 Å². The molecule has 1 aromatic rings. The van der Waals surface area contributed by atoms with Crippen LogP contribution >= 0.6 is 0 Å². The number of hydrogen-bond donors (Lipinski definition) is 10. The minimum absolute atomic E-state index is 0.0134. The molecule has 0 heterocycles. The third-order valence-electron chi connectivity index (χ3n) is 10.9. The molecule has 0 aliphatic heterocycles. The summed E-state index contributed by atoms with van der Waals surface area (Å²) in [4.78, 5) is 77.4. The molecule has 0 bridgehead atoms. The van der Waals surface area contributed by atoms with Crippen LogP contribution in [-0.4, -0.2) is 112 Å². The number of carbonyl (C=O) groups excluding carboxylic acids is 4. The first-order valence-corrected chi connectivity index (χ1v) is 17.8. The van der Waals surface area contributed by atoms with Gasteiger partial charge < -0.3 is 57.9 Å². The molecular weight excluding hydrogens is 694 g/mol. The number of benzene rings is 1. The Kier molecular flexibility index (Phi) is 14.0. The molecule has 0 aromatic heterocycles. The largest absolute Gasteiger partial charge is 0.484 e. The number of fused-ring (bicyclic) bond motifs is 5. The summed E-state index contributed by atoms with van der Waals surface area (Å²) in [5.74, 6) is -4.79. The SMILES string of the molecule is C[C@]12CC[C@@H]3c4ccc(OCC(=O)N[C@@H](CCCN=C(N)N)C(=O)NCC(=O)N[C@@H](CC(=O)O)C(=O)N[C@@H](CO)C(=O)O)cc4CC[C@H]3[C@@H]1CCC2O. The lowest BCUT2D eigenvalue weighted by molar-refractivity contribution is -0.144. The Bertz CT molecular complexity index is 1570. The molecule has 0 saturated heterocycles. The third kappa shape index (κ3) is 10.6. The first-order chi connectivity index (χ1) is 25.1. The summed E-state index contributed by atoms with van der Waals surface area (Å²) in [5.41, 5.74) is 13.2. The smallest absolute Gasteiger partial charge is 0.328 e. The molecule has 3 aliphatic rings. The highest BCUT2D eigenvalue weighted by molar-refractivity contribution is 5.95. The van der Waals surface area contributed by atoms with E-state index < -0.39 is 79.9 Å². The average Bonchev–Trinajstić information content (AvgIpc) is 3.42. The van der Waals surface area contributed by atoms with Crippen molar-refractivity contribution in [3.63, 3.8) is 0 Å². The number of carbonyl (C=O) groups is 6. The lowest BCUT2D eigenvalue weighted by atomic mass is 9.55. The number of nitrogens with one attached hydrogen (secondary N) is 4. The fraction of sp³-hybridized carbons (Fsp3) is 0.629. The number of aliphatic hydroxyl groups is 2. The average molecular weight is 746 g/mol. The zero-order valence-electron chi connectivity index (χ0n) is 29.7. The van der Waals surface area contributed by atoms with E-state index in [-0.39, 0.29) is 36.9 Å². The summed E-state index contributed by atoms with van der Waals surface area (Å²) in [6, 6.07) is 1.26. The monoisotopic (exact) mass is 745 g/mol. The number of guanidine groups is 1. The van der Waals surface area contributed by atoms with Crippen LogP contribution in [0.5, 0.6) is 5.75 Å². The molecule has 53 heavy (non-hydrogen) atoms. The van der Waals surface area contributed by atoms with E-state index in [0.29, 0.717) is 23.5 Å². The van der Waals surface area contributed by atoms with Crippen LogP contribution in [-0.2, 0) is 35.2 Å². The highest BCUT2D eigenvalue weighted by Gasteiger charge is 2.54. The molecule has 292 valence electrons. The van der Waals surface area contributed by atoms with Gasteiger partial charge in [0.2, 0.25) is 17.7 Å². The van der Waals surface area contributed by atoms with Crippen molar-refractivity contribution in [1.82, 2.24) is 21.3 Å². The van der Waals surface area contributed by atoms with Crippen molar-refractivity contribution >= 4 is 41.5 Å². The molecule has 4 amide bonds. The number of aryl methyl sites for hydroxylation is 1. The number of carboxylic acids is 2. The van der Waals surface area contributed by atoms with Gasteiger partial charge in [-0.05, 0) is 97.8 Å². The quantitative estimate of drug-likeness (QED) is 0.0463. The van der Waals surface area contributed by atoms with Gasteiger partial charge in [0.15, 0.2) is 12.6 Å². The highest BCUT2D eigenvalue weighted by Crippen LogP contribution is 2.60. The topological polar surface area (TPSA) is 305 Å². The fourth-order valence-electron chi connectivity index (χ4n) is 8.16. The van der Waals surface area contributed by atoms with Gasteiger partial charge in [0, 0.05) is 6.54 Å². The Labute approximate surface area is 306 Å². The van der Waals surface area contributed by atoms with Crippen molar-refractivity contribution in [3.05, 3.63) is 29.3 Å². The van der Waals surface area contributed by atoms with Crippen LogP contribution in [0.15, 0.2) is 23.2 Å². The lowest BCUT2D eigenvalue weighted by Gasteiger charge is -2.50. The van der Waals surface area contributed by atoms with Gasteiger partial charge in [-0.1, -0.05) is 13.0 Å². The Morgan fingerprint density at radius 1 is 0.962 bits per heavy atom. The fourth-order valence-corrected chi connectivity index (χ4v) is 8.16. The van der Waals surface area contributed by atoms with E-state index in [1.54, 1.807) is 0 Å². The molecule has 1 aromatic carbocycles. The maximum Gasteiger partial charge on any atom is 0.328 e. The normalized spacial score (nSPS) is 24.4. The summed E-state index contributed by atoms with van der Waals surface area (Å²) in [6.45, 7) is 0.279. The number of nitrogens with two attached hydrogens (primary N) is 2. The van der Waals surface area contributed by atoms with Crippen LogP contribution in [0.3, 0.4) is 0 Å². The number of aliphatic carboxylic acids is 2. The van der Waals surface area contributed by atoms with Crippen LogP contribution in [0.1, 0.15) is 75.3 Å². The summed E-state index contributed by atoms with van der Waals surface area (Å²) >= 11 is 0. The highest BCUT2D eigenvalue weighted by atomic mass is 16.5. The molecule has 4 rings (SSSR count). The second-order valence-corrected chi connectivity index (χ2v) is 14.3. The van der Waals surface area contributed by atoms with Crippen LogP contribution in [0.25, 0.3) is 0 Å². The van der Waals surface area contributed by atoms with Gasteiger partial charge in [-0.2, -0.15) is 0 Å². The number of carboxylic acid groups (broad SMARTS) is 2. The van der Waals surface area contributed by atoms with E-state index in [4.69, 9.17) is 31.5 Å². The minimum atomic E-state index is -1.74. The molecule has 18 nitrogen and oxygen atoms in total. The second-order valence-electron chi connectivity index (χ2n) is 14.3. The number of nitrogens with zero attached hydrogens (tertiary/aromatic N) is 1. The van der Waals surface area contributed by atoms with E-state index in [2.05, 4.69) is 33.9 Å². The number of amides is 4. The maximum atomic E-state index is 13.1. The van der Waals surface area contributed by atoms with E-state index in [1.807, 2.05) is 17.4 Å². The molecule has 18 heteroatoms. The first kappa shape index (κ1) is 40.8. The standard InChI is InChI=1S/C35H51N7O11/c1-35-11-10-21-20-7-5-19(13-18(20)4-6-22(21)23(35)8-9-27(35)44)53-17-29(46)40-24(3-2-12-38-34(36)37)31(49)39-15-28(45)41-25(14-30(47)48)32(50)42-26(16-43)33(51)52/h5,7,13,21-27,43-44H,2-4,6,8-12,14-17H2,1H3,(H,39,49)(H,40,46)(H,41,45)(H,42,50)(H,47,48)(H,51,52)(H4,36,37,38)/t21-,22-,23+,24+,25+,26+,27?,35+/m1/s1. The zero-order chi connectivity index (χ0) is 38.9. The number of aliphatic hydroxyl groups excluding tert-OH is 2. The van der Waals surface area contributed by atoms with Crippen molar-refractivity contribution in [2.45, 2.75) is 94.9 Å². The lowest BCUT2D eigenvalue weighted by Crippen LogP contribution is -2.55. The zero-order valence-corrected chi connectivity index (χ0v) is 29.7. The van der Waals surface area contributed by atoms with Gasteiger partial charge >= 0.3 is 11.9 Å². The van der Waals surface area contributed by atoms with Crippen molar-refractivity contribution in [2.75, 3.05) is 26.3 Å². The van der Waals surface area contributed by atoms with Gasteiger partial charge in [-0.15, -0.1) is 0 Å². The van der Waals surface area contributed by atoms with Crippen molar-refractivity contribution in [1.29, 1.82) is 0 Å². The van der Waals surface area contributed by atoms with Crippen LogP contribution in [0.4, 0.5) is 0 Å². The summed E-state index contributed by atoms with van der Waals surface area (Å²) in [5, 5.41) is 47.0. The molecule has 3 aliphatic carbocycles. The summed E-state index contributed by atoms with van der Waals surface area (Å²) in [6.07, 6.45) is 5.02. The Morgan fingerprint density at radius 3 is 2.38 bits per heavy atom. The van der Waals surface area contributed by atoms with Gasteiger partial charge in [0.05, 0.1) is 25.7 Å². The van der Waals surface area contributed by atoms with E-state index in [0.717, 1.165) is 38.5 Å². The molecule has 2 fully saturated rings. The summed E-state index contributed by atoms with van der Waals surface area (Å²) in [7, 11) is 0. The minimum Gasteiger partial charge on any atom is -0.484 e. The van der Waals surface area contributed by atoms with Crippen LogP contribution in [0.2, 0.25) is 0 Å². The van der Waals surface area contributed by atoms with E-state index >= 15 is 0 Å². The predicted molar refractivity (Wildman–Crippen MR) is 188 cm³/mol. The van der Waals surface area contributed by atoms with Gasteiger partial charge in [-0.25, -0.2) is 4.79 Å². The maximum absolute atomic E-state index is 13.1. The molecule has 1 unspecified atom stereocenters. The number of aliphatic imine (C=N–C) groups is 1. The second kappa shape index (κ2) is 18.2. The molecule has 2 saturated carbocycles. The van der Waals surface area contributed by atoms with Gasteiger partial charge in [0.25, 0.3) is 5.91 Å². The van der Waals surface area contributed by atoms with Gasteiger partial charge in [-0.3, -0.25) is 29.0 Å². The van der Waals surface area contributed by atoms with Crippen molar-refractivity contribution in [3.8, 4) is 5.75 Å². The van der Waals surface area contributed by atoms with Gasteiger partial charge in [0.1, 0.15) is 23.9 Å². The van der Waals surface area contributed by atoms with E-state index in [1.165, 1.54) is 11.1 Å². The van der Waals surface area contributed by atoms with Crippen molar-refractivity contribution in [2.24, 2.45) is 33.7 Å². The third-order valence-corrected chi connectivity index (χ3v) is 10.9. The van der Waals surface area contributed by atoms with E-state index in [9.17, 15) is 33.9 Å². The molecular formula is C35H51N7O11. The number of hydrogen-bond acceptors (Lipinski definition) is 10. The van der Waals surface area contributed by atoms with Crippen molar-refractivity contribution < 1.29 is 53.9 Å². The molecule has 8 atom stereocenters. The predicted octanol–water partition coefficient (Wildman–Crippen LogP) is -1.54. The Balaban J connectivity index is 1.33.